The Morgan fingerprint density at radius 2 is 0.461 bits per heavy atom. The molecule has 0 rings (SSSR count). The van der Waals surface area contributed by atoms with Gasteiger partial charge in [-0.2, -0.15) is 0 Å². The maximum Gasteiger partial charge on any atom is 0.472 e. The number of phosphoric acid groups is 2. The molecular weight excluding hydrogens is 1480 g/mol. The third-order valence-electron chi connectivity index (χ3n) is 18.9. The van der Waals surface area contributed by atoms with Gasteiger partial charge in [0.2, 0.25) is 0 Å². The van der Waals surface area contributed by atoms with Crippen molar-refractivity contribution in [3.63, 3.8) is 0 Å². The van der Waals surface area contributed by atoms with Crippen molar-refractivity contribution in [1.82, 2.24) is 0 Å². The molecule has 0 aromatic heterocycles. The molecule has 658 valence electrons. The molecule has 0 saturated carbocycles. The summed E-state index contributed by atoms with van der Waals surface area (Å²) in [6.45, 7) is 2.44. The molecular formula is C97H164O16P2. The highest BCUT2D eigenvalue weighted by molar-refractivity contribution is 7.47. The predicted molar refractivity (Wildman–Crippen MR) is 482 cm³/mol. The summed E-state index contributed by atoms with van der Waals surface area (Å²) < 4.78 is 61.4. The third kappa shape index (κ3) is 89.5. The van der Waals surface area contributed by atoms with E-state index in [-0.39, 0.29) is 19.3 Å². The number of hydrogen-bond donors (Lipinski definition) is 4. The molecule has 0 aromatic carbocycles. The first-order valence-corrected chi connectivity index (χ1v) is 48.4. The summed E-state index contributed by atoms with van der Waals surface area (Å²) in [5.41, 5.74) is 0. The van der Waals surface area contributed by atoms with E-state index in [9.17, 15) is 43.5 Å². The second-order valence-electron chi connectivity index (χ2n) is 30.0. The van der Waals surface area contributed by atoms with E-state index in [1.165, 1.54) is 128 Å². The largest absolute Gasteiger partial charge is 0.472 e. The number of rotatable bonds is 85. The fourth-order valence-corrected chi connectivity index (χ4v) is 13.7. The van der Waals surface area contributed by atoms with Crippen LogP contribution in [0.15, 0.2) is 170 Å². The topological polar surface area (TPSA) is 231 Å². The maximum atomic E-state index is 13.0. The van der Waals surface area contributed by atoms with E-state index in [4.69, 9.17) is 32.3 Å². The van der Waals surface area contributed by atoms with Gasteiger partial charge in [-0.05, 0) is 154 Å². The molecule has 0 radical (unpaired) electrons. The van der Waals surface area contributed by atoms with Crippen LogP contribution in [-0.4, -0.2) is 95.9 Å². The summed E-state index contributed by atoms with van der Waals surface area (Å²) in [7, 11) is -9.82. The van der Waals surface area contributed by atoms with Gasteiger partial charge in [0.1, 0.15) is 25.4 Å². The highest BCUT2D eigenvalue weighted by Gasteiger charge is 2.29. The summed E-state index contributed by atoms with van der Waals surface area (Å²) in [6.07, 6.45) is 114. The smallest absolute Gasteiger partial charge is 0.463 e. The Morgan fingerprint density at radius 1 is 0.252 bits per heavy atom. The number of hydrogen-bond acceptors (Lipinski definition) is 14. The van der Waals surface area contributed by atoms with Gasteiger partial charge in [-0.15, -0.1) is 0 Å². The zero-order valence-corrected chi connectivity index (χ0v) is 74.2. The summed E-state index contributed by atoms with van der Waals surface area (Å²) in [5, 5.41) is 20.7. The zero-order valence-electron chi connectivity index (χ0n) is 72.4. The van der Waals surface area contributed by atoms with Crippen molar-refractivity contribution in [2.75, 3.05) is 39.6 Å². The number of esters is 3. The molecule has 18 heteroatoms. The predicted octanol–water partition coefficient (Wildman–Crippen LogP) is 27.9. The minimum atomic E-state index is -4.95. The van der Waals surface area contributed by atoms with Crippen molar-refractivity contribution in [3.8, 4) is 0 Å². The highest BCUT2D eigenvalue weighted by atomic mass is 31.2. The van der Waals surface area contributed by atoms with E-state index >= 15 is 0 Å². The van der Waals surface area contributed by atoms with Crippen molar-refractivity contribution < 1.29 is 75.8 Å². The Hall–Kier alpha value is -5.09. The molecule has 115 heavy (non-hydrogen) atoms. The molecule has 5 unspecified atom stereocenters. The van der Waals surface area contributed by atoms with E-state index in [2.05, 4.69) is 191 Å². The number of phosphoric ester groups is 2. The minimum absolute atomic E-state index is 0.0851. The molecule has 0 heterocycles. The van der Waals surface area contributed by atoms with Gasteiger partial charge in [-0.25, -0.2) is 9.13 Å². The number of ether oxygens (including phenoxy) is 3. The molecule has 0 aromatic rings. The number of aliphatic hydroxyl groups is 2. The maximum absolute atomic E-state index is 13.0. The zero-order chi connectivity index (χ0) is 83.6. The lowest BCUT2D eigenvalue weighted by atomic mass is 10.0. The number of carbonyl (C=O) groups excluding carboxylic acids is 3. The highest BCUT2D eigenvalue weighted by Crippen LogP contribution is 2.45. The normalized spacial score (nSPS) is 14.6. The minimum Gasteiger partial charge on any atom is -0.463 e. The van der Waals surface area contributed by atoms with Crippen LogP contribution in [0.5, 0.6) is 0 Å². The first-order chi connectivity index (χ1) is 56.2. The average molecular weight is 1650 g/mol. The molecule has 4 N–H and O–H groups in total. The van der Waals surface area contributed by atoms with E-state index in [1.807, 2.05) is 0 Å². The quantitative estimate of drug-likeness (QED) is 0.0146. The number of aliphatic hydroxyl groups excluding tert-OH is 2. The van der Waals surface area contributed by atoms with Crippen molar-refractivity contribution in [2.45, 2.75) is 386 Å². The van der Waals surface area contributed by atoms with Crippen molar-refractivity contribution in [2.24, 2.45) is 0 Å². The monoisotopic (exact) mass is 1650 g/mol. The van der Waals surface area contributed by atoms with E-state index in [0.717, 1.165) is 180 Å². The lowest BCUT2D eigenvalue weighted by Gasteiger charge is -2.21. The third-order valence-corrected chi connectivity index (χ3v) is 20.8. The molecule has 0 aliphatic carbocycles. The summed E-state index contributed by atoms with van der Waals surface area (Å²) >= 11 is 0. The van der Waals surface area contributed by atoms with Crippen LogP contribution in [0.2, 0.25) is 0 Å². The molecule has 0 spiro atoms. The first-order valence-electron chi connectivity index (χ1n) is 45.4. The number of allylic oxidation sites excluding steroid dienone is 28. The van der Waals surface area contributed by atoms with Crippen LogP contribution in [0.3, 0.4) is 0 Å². The molecule has 16 nitrogen and oxygen atoms in total. The van der Waals surface area contributed by atoms with Gasteiger partial charge in [0.15, 0.2) is 6.10 Å². The fourth-order valence-electron chi connectivity index (χ4n) is 12.1. The Morgan fingerprint density at radius 3 is 0.730 bits per heavy atom. The van der Waals surface area contributed by atoms with Crippen molar-refractivity contribution >= 4 is 33.6 Å². The second kappa shape index (κ2) is 88.2. The standard InChI is InChI=1S/C97H164O16P2/c1-4-7-10-13-16-19-22-25-28-31-34-36-38-40-42-44-45-47-49-50-52-54-57-59-62-65-68-71-74-77-80-83-95(100)107-86-92(98)87-109-114(103,104)110-88-93(99)89-111-115(105,106)112-91-94(113-97(102)85-82-79-76-73-70-67-64-61-56-33-30-27-24-21-18-15-12-9-6-3)90-108-96(101)84-81-78-75-72-69-66-63-60-58-55-53-51-48-46-43-41-39-37-35-32-29-26-23-20-17-14-11-8-5-2/h7-8,10-11,16-21,25-30,34-37,40-43,48,51,56,61,92-94,98-99H,4-6,9,12-15,22-24,31-33,38-39,44-47,49-50,52-55,57-60,62-91H2,1-3H3,(H,103,104)(H,105,106)/b10-7-,11-8-,19-16-,20-17-,21-18-,28-25-,29-26-,30-27-,36-34-,37-35-,42-40-,43-41-,51-48-,61-56-. The average Bonchev–Trinajstić information content (AvgIpc) is 0.894. The molecule has 0 bridgehead atoms. The van der Waals surface area contributed by atoms with Gasteiger partial charge in [-0.1, -0.05) is 364 Å². The summed E-state index contributed by atoms with van der Waals surface area (Å²) in [4.78, 5) is 59.0. The van der Waals surface area contributed by atoms with E-state index < -0.39 is 91.5 Å². The Labute approximate surface area is 701 Å². The summed E-state index contributed by atoms with van der Waals surface area (Å²) in [5.74, 6) is -1.59. The van der Waals surface area contributed by atoms with Gasteiger partial charge >= 0.3 is 33.6 Å². The van der Waals surface area contributed by atoms with Crippen molar-refractivity contribution in [1.29, 1.82) is 0 Å². The van der Waals surface area contributed by atoms with E-state index in [1.54, 1.807) is 0 Å². The fraction of sp³-hybridized carbons (Fsp3) is 0.680. The Kier molecular flexibility index (Phi) is 84.3. The van der Waals surface area contributed by atoms with Crippen LogP contribution < -0.4 is 0 Å². The molecule has 5 atom stereocenters. The van der Waals surface area contributed by atoms with Gasteiger partial charge < -0.3 is 34.2 Å². The Balaban J connectivity index is 4.58. The molecule has 0 amide bonds. The van der Waals surface area contributed by atoms with Crippen LogP contribution in [0, 0.1) is 0 Å². The van der Waals surface area contributed by atoms with Crippen LogP contribution in [0.1, 0.15) is 367 Å². The van der Waals surface area contributed by atoms with Crippen molar-refractivity contribution in [3.05, 3.63) is 170 Å². The second-order valence-corrected chi connectivity index (χ2v) is 32.9. The van der Waals surface area contributed by atoms with E-state index in [0.29, 0.717) is 19.3 Å². The van der Waals surface area contributed by atoms with Gasteiger partial charge in [0.25, 0.3) is 0 Å². The molecule has 0 aliphatic rings. The SMILES string of the molecule is CC/C=C\C/C=C\C/C=C\C/C=C\C/C=C\C/C=C\CCCCCCCCCCCCC(=O)OCC(COP(=O)(O)OCC(O)COP(=O)(O)OCC(O)COC(=O)CCCCCCCCCCCCCCCCC/C=C\C/C=C\C/C=C\C/C=C\C/C=C\CC)OC(=O)CCCCCCCC/C=C\C/C=C\C/C=C\CCCCC. The summed E-state index contributed by atoms with van der Waals surface area (Å²) in [6, 6.07) is 0. The molecule has 0 fully saturated rings. The van der Waals surface area contributed by atoms with Crippen LogP contribution in [0.4, 0.5) is 0 Å². The number of unbranched alkanes of at least 4 members (excludes halogenated alkanes) is 34. The van der Waals surface area contributed by atoms with Gasteiger partial charge in [0.05, 0.1) is 26.4 Å². The molecule has 0 saturated heterocycles. The Bertz CT molecular complexity index is 2770. The number of carbonyl (C=O) groups is 3. The van der Waals surface area contributed by atoms with Gasteiger partial charge in [-0.3, -0.25) is 32.5 Å². The van der Waals surface area contributed by atoms with Crippen LogP contribution >= 0.6 is 15.6 Å². The van der Waals surface area contributed by atoms with Crippen LogP contribution in [-0.2, 0) is 55.8 Å². The lowest BCUT2D eigenvalue weighted by molar-refractivity contribution is -0.161. The molecule has 0 aliphatic heterocycles. The van der Waals surface area contributed by atoms with Crippen LogP contribution in [0.25, 0.3) is 0 Å². The first kappa shape index (κ1) is 110. The van der Waals surface area contributed by atoms with Gasteiger partial charge in [0, 0.05) is 19.3 Å². The lowest BCUT2D eigenvalue weighted by Crippen LogP contribution is -2.30.